The molecule has 0 aliphatic heterocycles. The summed E-state index contributed by atoms with van der Waals surface area (Å²) in [4.78, 5) is 0. The highest BCUT2D eigenvalue weighted by atomic mass is 32.2. The van der Waals surface area contributed by atoms with Crippen LogP contribution in [-0.2, 0) is 10.2 Å². The lowest BCUT2D eigenvalue weighted by Gasteiger charge is -2.36. The van der Waals surface area contributed by atoms with E-state index in [0.29, 0.717) is 13.1 Å². The molecule has 0 aromatic heterocycles. The highest BCUT2D eigenvalue weighted by Crippen LogP contribution is 2.34. The molecule has 2 aliphatic rings. The molecule has 4 N–H and O–H groups in total. The third-order valence-corrected chi connectivity index (χ3v) is 5.05. The van der Waals surface area contributed by atoms with E-state index in [1.807, 2.05) is 0 Å². The zero-order valence-corrected chi connectivity index (χ0v) is 11.1. The number of hydrogen-bond donors (Lipinski definition) is 3. The van der Waals surface area contributed by atoms with Crippen LogP contribution >= 0.6 is 0 Å². The zero-order chi connectivity index (χ0) is 12.4. The molecular formula is C11H23N3O2S. The smallest absolute Gasteiger partial charge is 0.277 e. The average Bonchev–Trinajstić information content (AvgIpc) is 3.11. The van der Waals surface area contributed by atoms with Crippen LogP contribution in [0.1, 0.15) is 44.9 Å². The van der Waals surface area contributed by atoms with Gasteiger partial charge in [-0.1, -0.05) is 19.3 Å². The van der Waals surface area contributed by atoms with E-state index in [9.17, 15) is 8.42 Å². The van der Waals surface area contributed by atoms with E-state index in [1.54, 1.807) is 0 Å². The van der Waals surface area contributed by atoms with Crippen LogP contribution in [0.4, 0.5) is 0 Å². The standard InChI is InChI=1S/C11H23N3O2S/c12-8-11(6-2-1-3-7-11)9-13-17(15,16)14-10-4-5-10/h10,13-14H,1-9,12H2. The summed E-state index contributed by atoms with van der Waals surface area (Å²) in [6, 6.07) is 0.160. The molecule has 0 atom stereocenters. The van der Waals surface area contributed by atoms with Crippen LogP contribution in [0.25, 0.3) is 0 Å². The lowest BCUT2D eigenvalue weighted by molar-refractivity contribution is 0.201. The minimum atomic E-state index is -3.32. The maximum Gasteiger partial charge on any atom is 0.277 e. The summed E-state index contributed by atoms with van der Waals surface area (Å²) in [5.74, 6) is 0. The minimum absolute atomic E-state index is 0.0173. The molecule has 2 rings (SSSR count). The van der Waals surface area contributed by atoms with E-state index in [2.05, 4.69) is 9.44 Å². The molecule has 0 heterocycles. The summed E-state index contributed by atoms with van der Waals surface area (Å²) < 4.78 is 28.7. The van der Waals surface area contributed by atoms with Crippen LogP contribution in [0.15, 0.2) is 0 Å². The SMILES string of the molecule is NCC1(CNS(=O)(=O)NC2CC2)CCCCC1. The van der Waals surface area contributed by atoms with Gasteiger partial charge in [-0.3, -0.25) is 0 Å². The first-order valence-corrected chi connectivity index (χ1v) is 8.01. The van der Waals surface area contributed by atoms with Crippen LogP contribution in [0.3, 0.4) is 0 Å². The molecule has 6 heteroatoms. The number of rotatable bonds is 6. The van der Waals surface area contributed by atoms with E-state index < -0.39 is 10.2 Å². The van der Waals surface area contributed by atoms with Crippen molar-refractivity contribution in [2.24, 2.45) is 11.1 Å². The molecule has 2 aliphatic carbocycles. The maximum atomic E-state index is 11.7. The molecule has 0 saturated heterocycles. The zero-order valence-electron chi connectivity index (χ0n) is 10.2. The monoisotopic (exact) mass is 261 g/mol. The maximum absolute atomic E-state index is 11.7. The Morgan fingerprint density at radius 1 is 1.18 bits per heavy atom. The summed E-state index contributed by atoms with van der Waals surface area (Å²) in [7, 11) is -3.32. The van der Waals surface area contributed by atoms with Crippen molar-refractivity contribution < 1.29 is 8.42 Å². The molecule has 0 radical (unpaired) electrons. The topological polar surface area (TPSA) is 84.2 Å². The van der Waals surface area contributed by atoms with Gasteiger partial charge in [0.05, 0.1) is 0 Å². The van der Waals surface area contributed by atoms with Crippen LogP contribution in [0.2, 0.25) is 0 Å². The second-order valence-corrected chi connectivity index (χ2v) is 7.01. The minimum Gasteiger partial charge on any atom is -0.330 e. The second-order valence-electron chi connectivity index (χ2n) is 5.48. The Balaban J connectivity index is 1.85. The molecular weight excluding hydrogens is 238 g/mol. The quantitative estimate of drug-likeness (QED) is 0.650. The predicted octanol–water partition coefficient (Wildman–Crippen LogP) is 0.482. The summed E-state index contributed by atoms with van der Waals surface area (Å²) >= 11 is 0. The van der Waals surface area contributed by atoms with Crippen molar-refractivity contribution in [1.82, 2.24) is 9.44 Å². The Morgan fingerprint density at radius 2 is 1.82 bits per heavy atom. The van der Waals surface area contributed by atoms with Gasteiger partial charge in [0.25, 0.3) is 10.2 Å². The number of hydrogen-bond acceptors (Lipinski definition) is 3. The molecule has 100 valence electrons. The Bertz CT molecular complexity index is 346. The van der Waals surface area contributed by atoms with Crippen LogP contribution in [0, 0.1) is 5.41 Å². The van der Waals surface area contributed by atoms with Crippen molar-refractivity contribution in [2.45, 2.75) is 51.0 Å². The Hall–Kier alpha value is -0.170. The first kappa shape index (κ1) is 13.3. The van der Waals surface area contributed by atoms with Gasteiger partial charge >= 0.3 is 0 Å². The van der Waals surface area contributed by atoms with Gasteiger partial charge < -0.3 is 5.73 Å². The van der Waals surface area contributed by atoms with Crippen molar-refractivity contribution >= 4 is 10.2 Å². The van der Waals surface area contributed by atoms with Crippen LogP contribution in [-0.4, -0.2) is 27.5 Å². The lowest BCUT2D eigenvalue weighted by atomic mass is 9.74. The normalized spacial score (nSPS) is 24.8. The Kier molecular flexibility index (Phi) is 4.07. The van der Waals surface area contributed by atoms with Gasteiger partial charge in [-0.2, -0.15) is 13.1 Å². The molecule has 2 fully saturated rings. The fourth-order valence-electron chi connectivity index (χ4n) is 2.47. The predicted molar refractivity (Wildman–Crippen MR) is 67.7 cm³/mol. The highest BCUT2D eigenvalue weighted by molar-refractivity contribution is 7.87. The van der Waals surface area contributed by atoms with Gasteiger partial charge in [0, 0.05) is 12.6 Å². The van der Waals surface area contributed by atoms with E-state index in [1.165, 1.54) is 6.42 Å². The van der Waals surface area contributed by atoms with Crippen molar-refractivity contribution in [1.29, 1.82) is 0 Å². The summed E-state index contributed by atoms with van der Waals surface area (Å²) in [5, 5.41) is 0. The molecule has 0 spiro atoms. The van der Waals surface area contributed by atoms with Crippen molar-refractivity contribution in [3.05, 3.63) is 0 Å². The molecule has 0 unspecified atom stereocenters. The van der Waals surface area contributed by atoms with Gasteiger partial charge in [0.15, 0.2) is 0 Å². The Labute approximate surface area is 104 Å². The van der Waals surface area contributed by atoms with Crippen molar-refractivity contribution in [3.63, 3.8) is 0 Å². The van der Waals surface area contributed by atoms with Crippen molar-refractivity contribution in [3.8, 4) is 0 Å². The lowest BCUT2D eigenvalue weighted by Crippen LogP contribution is -2.47. The fraction of sp³-hybridized carbons (Fsp3) is 1.00. The molecule has 0 aromatic rings. The van der Waals surface area contributed by atoms with E-state index >= 15 is 0 Å². The molecule has 0 bridgehead atoms. The summed E-state index contributed by atoms with van der Waals surface area (Å²) in [5.41, 5.74) is 5.81. The highest BCUT2D eigenvalue weighted by Gasteiger charge is 2.33. The molecule has 0 amide bonds. The largest absolute Gasteiger partial charge is 0.330 e. The molecule has 5 nitrogen and oxygen atoms in total. The summed E-state index contributed by atoms with van der Waals surface area (Å²) in [6.07, 6.45) is 7.57. The first-order valence-electron chi connectivity index (χ1n) is 6.52. The third-order valence-electron chi connectivity index (χ3n) is 3.88. The van der Waals surface area contributed by atoms with Crippen LogP contribution in [0.5, 0.6) is 0 Å². The van der Waals surface area contributed by atoms with Gasteiger partial charge in [-0.25, -0.2) is 4.72 Å². The van der Waals surface area contributed by atoms with Crippen molar-refractivity contribution in [2.75, 3.05) is 13.1 Å². The van der Waals surface area contributed by atoms with Crippen LogP contribution < -0.4 is 15.2 Å². The molecule has 17 heavy (non-hydrogen) atoms. The number of nitrogens with two attached hydrogens (primary N) is 1. The average molecular weight is 261 g/mol. The third kappa shape index (κ3) is 3.91. The number of nitrogens with one attached hydrogen (secondary N) is 2. The fourth-order valence-corrected chi connectivity index (χ4v) is 3.72. The van der Waals surface area contributed by atoms with Gasteiger partial charge in [0.2, 0.25) is 0 Å². The van der Waals surface area contributed by atoms with E-state index in [4.69, 9.17) is 5.73 Å². The Morgan fingerprint density at radius 3 is 2.35 bits per heavy atom. The van der Waals surface area contributed by atoms with Gasteiger partial charge in [-0.15, -0.1) is 0 Å². The summed E-state index contributed by atoms with van der Waals surface area (Å²) in [6.45, 7) is 1.05. The van der Waals surface area contributed by atoms with Gasteiger partial charge in [0.1, 0.15) is 0 Å². The molecule has 2 saturated carbocycles. The molecule has 0 aromatic carbocycles. The second kappa shape index (κ2) is 5.22. The van der Waals surface area contributed by atoms with E-state index in [-0.39, 0.29) is 11.5 Å². The first-order chi connectivity index (χ1) is 8.05. The van der Waals surface area contributed by atoms with Gasteiger partial charge in [-0.05, 0) is 37.6 Å². The van der Waals surface area contributed by atoms with E-state index in [0.717, 1.165) is 38.5 Å².